The molecule has 4 aromatic rings. The number of benzene rings is 2. The molecule has 3 heterocycles. The summed E-state index contributed by atoms with van der Waals surface area (Å²) in [6.07, 6.45) is 1.20. The Morgan fingerprint density at radius 3 is 2.65 bits per heavy atom. The Morgan fingerprint density at radius 1 is 1.12 bits per heavy atom. The molecule has 1 aliphatic rings. The molecular formula is C28H27Cl2N5O3S2. The average Bonchev–Trinajstić information content (AvgIpc) is 3.61. The Balaban J connectivity index is 1.33. The second kappa shape index (κ2) is 12.7. The van der Waals surface area contributed by atoms with Crippen LogP contribution in [0, 0.1) is 12.8 Å². The zero-order valence-corrected chi connectivity index (χ0v) is 25.1. The number of nitrogens with zero attached hydrogens (tertiary/aromatic N) is 5. The summed E-state index contributed by atoms with van der Waals surface area (Å²) in [6, 6.07) is 13.2. The number of aromatic nitrogens is 4. The highest BCUT2D eigenvalue weighted by atomic mass is 35.5. The molecule has 2 aromatic heterocycles. The molecule has 0 bridgehead atoms. The second-order valence-corrected chi connectivity index (χ2v) is 12.0. The van der Waals surface area contributed by atoms with Crippen LogP contribution in [-0.2, 0) is 15.3 Å². The molecule has 208 valence electrons. The number of hydrogen-bond acceptors (Lipinski definition) is 8. The molecule has 0 radical (unpaired) electrons. The minimum Gasteiger partial charge on any atom is -0.466 e. The number of carbonyl (C=O) groups excluding carboxylic acids is 2. The summed E-state index contributed by atoms with van der Waals surface area (Å²) >= 11 is 15.8. The van der Waals surface area contributed by atoms with Gasteiger partial charge in [0, 0.05) is 29.1 Å². The van der Waals surface area contributed by atoms with Gasteiger partial charge >= 0.3 is 5.97 Å². The van der Waals surface area contributed by atoms with Crippen molar-refractivity contribution >= 4 is 58.2 Å². The number of piperidine rings is 1. The highest BCUT2D eigenvalue weighted by molar-refractivity contribution is 7.98. The summed E-state index contributed by atoms with van der Waals surface area (Å²) in [5.74, 6) is 0.667. The van der Waals surface area contributed by atoms with E-state index in [2.05, 4.69) is 15.2 Å². The lowest BCUT2D eigenvalue weighted by Gasteiger charge is -2.30. The maximum Gasteiger partial charge on any atom is 0.309 e. The summed E-state index contributed by atoms with van der Waals surface area (Å²) in [5, 5.41) is 13.4. The van der Waals surface area contributed by atoms with Crippen LogP contribution >= 0.6 is 46.3 Å². The number of carbonyl (C=O) groups is 2. The van der Waals surface area contributed by atoms with E-state index >= 15 is 0 Å². The van der Waals surface area contributed by atoms with Gasteiger partial charge in [-0.1, -0.05) is 53.2 Å². The Labute approximate surface area is 250 Å². The fraction of sp³-hybridized carbons (Fsp3) is 0.321. The number of amides is 1. The van der Waals surface area contributed by atoms with Crippen LogP contribution in [0.15, 0.2) is 53.0 Å². The zero-order chi connectivity index (χ0) is 28.2. The molecule has 1 saturated heterocycles. The zero-order valence-electron chi connectivity index (χ0n) is 22.0. The van der Waals surface area contributed by atoms with Crippen molar-refractivity contribution in [3.63, 3.8) is 0 Å². The van der Waals surface area contributed by atoms with Gasteiger partial charge in [0.25, 0.3) is 5.91 Å². The lowest BCUT2D eigenvalue weighted by atomic mass is 9.97. The van der Waals surface area contributed by atoms with Crippen LogP contribution in [0.1, 0.15) is 40.8 Å². The normalized spacial score (nSPS) is 13.9. The number of halogens is 2. The molecule has 12 heteroatoms. The molecule has 0 aliphatic carbocycles. The number of aryl methyl sites for hydroxylation is 1. The number of thioether (sulfide) groups is 1. The first-order chi connectivity index (χ1) is 19.4. The maximum absolute atomic E-state index is 13.1. The van der Waals surface area contributed by atoms with Gasteiger partial charge in [0.2, 0.25) is 0 Å². The van der Waals surface area contributed by atoms with E-state index in [-0.39, 0.29) is 17.8 Å². The van der Waals surface area contributed by atoms with Crippen molar-refractivity contribution in [1.29, 1.82) is 0 Å². The fourth-order valence-corrected chi connectivity index (χ4v) is 6.68. The largest absolute Gasteiger partial charge is 0.466 e. The van der Waals surface area contributed by atoms with Gasteiger partial charge in [-0.2, -0.15) is 0 Å². The van der Waals surface area contributed by atoms with E-state index < -0.39 is 0 Å². The van der Waals surface area contributed by atoms with Gasteiger partial charge in [0.05, 0.1) is 29.0 Å². The predicted molar refractivity (Wildman–Crippen MR) is 158 cm³/mol. The molecule has 1 amide bonds. The van der Waals surface area contributed by atoms with Gasteiger partial charge in [-0.05, 0) is 56.5 Å². The molecular weight excluding hydrogens is 589 g/mol. The van der Waals surface area contributed by atoms with E-state index in [9.17, 15) is 9.59 Å². The van der Waals surface area contributed by atoms with E-state index in [4.69, 9.17) is 27.9 Å². The highest BCUT2D eigenvalue weighted by Crippen LogP contribution is 2.35. The van der Waals surface area contributed by atoms with Crippen LogP contribution in [0.5, 0.6) is 0 Å². The van der Waals surface area contributed by atoms with Crippen LogP contribution in [0.3, 0.4) is 0 Å². The molecule has 0 saturated carbocycles. The lowest BCUT2D eigenvalue weighted by molar-refractivity contribution is -0.149. The number of esters is 1. The van der Waals surface area contributed by atoms with Crippen LogP contribution < -0.4 is 0 Å². The fourth-order valence-electron chi connectivity index (χ4n) is 4.56. The summed E-state index contributed by atoms with van der Waals surface area (Å²) in [5.41, 5.74) is 3.04. The monoisotopic (exact) mass is 615 g/mol. The standard InChI is InChI=1S/C28H27Cl2N5O3S2/c1-3-38-27(37)18-10-12-34(13-11-18)26(36)22-15-39-24(31-22)16-40-28-33-32-25(20-6-4-5-7-21(20)30)35(28)23-14-19(29)9-8-17(23)2/h4-9,14-15,18H,3,10-13,16H2,1-2H3. The smallest absolute Gasteiger partial charge is 0.309 e. The Bertz CT molecular complexity index is 1530. The third-order valence-electron chi connectivity index (χ3n) is 6.66. The molecule has 1 fully saturated rings. The maximum atomic E-state index is 13.1. The summed E-state index contributed by atoms with van der Waals surface area (Å²) in [6.45, 7) is 5.20. The SMILES string of the molecule is CCOC(=O)C1CCN(C(=O)c2csc(CSc3nnc(-c4ccccc4Cl)n3-c3cc(Cl)ccc3C)n2)CC1. The van der Waals surface area contributed by atoms with Crippen molar-refractivity contribution in [2.24, 2.45) is 5.92 Å². The average molecular weight is 617 g/mol. The molecule has 0 unspecified atom stereocenters. The highest BCUT2D eigenvalue weighted by Gasteiger charge is 2.29. The molecule has 1 aliphatic heterocycles. The lowest BCUT2D eigenvalue weighted by Crippen LogP contribution is -2.40. The van der Waals surface area contributed by atoms with Gasteiger partial charge in [-0.3, -0.25) is 14.2 Å². The first kappa shape index (κ1) is 28.6. The van der Waals surface area contributed by atoms with Gasteiger partial charge < -0.3 is 9.64 Å². The van der Waals surface area contributed by atoms with Crippen LogP contribution in [0.4, 0.5) is 0 Å². The molecule has 0 spiro atoms. The molecule has 2 aromatic carbocycles. The summed E-state index contributed by atoms with van der Waals surface area (Å²) in [4.78, 5) is 31.5. The van der Waals surface area contributed by atoms with E-state index in [1.54, 1.807) is 17.2 Å². The van der Waals surface area contributed by atoms with Crippen LogP contribution in [0.2, 0.25) is 10.0 Å². The van der Waals surface area contributed by atoms with Gasteiger partial charge in [-0.15, -0.1) is 21.5 Å². The van der Waals surface area contributed by atoms with Gasteiger partial charge in [0.15, 0.2) is 11.0 Å². The minimum atomic E-state index is -0.180. The number of hydrogen-bond donors (Lipinski definition) is 0. The minimum absolute atomic E-state index is 0.117. The predicted octanol–water partition coefficient (Wildman–Crippen LogP) is 6.71. The Kier molecular flexibility index (Phi) is 9.10. The van der Waals surface area contributed by atoms with Gasteiger partial charge in [0.1, 0.15) is 10.7 Å². The Morgan fingerprint density at radius 2 is 1.90 bits per heavy atom. The van der Waals surface area contributed by atoms with E-state index in [0.29, 0.717) is 65.0 Å². The number of thiazole rings is 1. The third kappa shape index (κ3) is 6.20. The third-order valence-corrected chi connectivity index (χ3v) is 9.19. The topological polar surface area (TPSA) is 90.2 Å². The van der Waals surface area contributed by atoms with Crippen molar-refractivity contribution in [1.82, 2.24) is 24.6 Å². The molecule has 8 nitrogen and oxygen atoms in total. The molecule has 0 atom stereocenters. The van der Waals surface area contributed by atoms with Crippen molar-refractivity contribution < 1.29 is 14.3 Å². The van der Waals surface area contributed by atoms with Crippen LogP contribution in [-0.4, -0.2) is 56.2 Å². The molecule has 0 N–H and O–H groups in total. The van der Waals surface area contributed by atoms with Crippen molar-refractivity contribution in [3.8, 4) is 17.1 Å². The Hall–Kier alpha value is -2.92. The molecule has 5 rings (SSSR count). The second-order valence-electron chi connectivity index (χ2n) is 9.29. The first-order valence-electron chi connectivity index (χ1n) is 12.9. The number of likely N-dealkylation sites (tertiary alicyclic amines) is 1. The quantitative estimate of drug-likeness (QED) is 0.161. The number of rotatable bonds is 8. The summed E-state index contributed by atoms with van der Waals surface area (Å²) in [7, 11) is 0. The van der Waals surface area contributed by atoms with Crippen molar-refractivity contribution in [3.05, 3.63) is 74.2 Å². The van der Waals surface area contributed by atoms with Crippen molar-refractivity contribution in [2.75, 3.05) is 19.7 Å². The van der Waals surface area contributed by atoms with Crippen molar-refractivity contribution in [2.45, 2.75) is 37.6 Å². The van der Waals surface area contributed by atoms with Crippen LogP contribution in [0.25, 0.3) is 17.1 Å². The number of ether oxygens (including phenoxy) is 1. The van der Waals surface area contributed by atoms with E-state index in [1.165, 1.54) is 23.1 Å². The van der Waals surface area contributed by atoms with E-state index in [1.807, 2.05) is 54.0 Å². The van der Waals surface area contributed by atoms with Gasteiger partial charge in [-0.25, -0.2) is 4.98 Å². The first-order valence-corrected chi connectivity index (χ1v) is 15.5. The summed E-state index contributed by atoms with van der Waals surface area (Å²) < 4.78 is 7.09. The van der Waals surface area contributed by atoms with E-state index in [0.717, 1.165) is 21.8 Å². The molecule has 40 heavy (non-hydrogen) atoms.